The van der Waals surface area contributed by atoms with E-state index in [1.165, 1.54) is 0 Å². The summed E-state index contributed by atoms with van der Waals surface area (Å²) in [6.45, 7) is 1.96. The summed E-state index contributed by atoms with van der Waals surface area (Å²) >= 11 is 0. The zero-order valence-corrected chi connectivity index (χ0v) is 15.5. The molecule has 0 fully saturated rings. The first-order chi connectivity index (χ1) is 13.7. The van der Waals surface area contributed by atoms with Gasteiger partial charge in [-0.25, -0.2) is 0 Å². The van der Waals surface area contributed by atoms with Crippen LogP contribution >= 0.6 is 0 Å². The van der Waals surface area contributed by atoms with Gasteiger partial charge in [-0.1, -0.05) is 36.4 Å². The Morgan fingerprint density at radius 3 is 2.64 bits per heavy atom. The lowest BCUT2D eigenvalue weighted by Crippen LogP contribution is -2.11. The molecule has 0 unspecified atom stereocenters. The summed E-state index contributed by atoms with van der Waals surface area (Å²) < 4.78 is 0. The Balaban J connectivity index is 1.52. The van der Waals surface area contributed by atoms with Gasteiger partial charge < -0.3 is 5.32 Å². The lowest BCUT2D eigenvalue weighted by atomic mass is 10.1. The molecule has 4 nitrogen and oxygen atoms in total. The molecule has 0 saturated heterocycles. The van der Waals surface area contributed by atoms with Crippen LogP contribution in [0.5, 0.6) is 0 Å². The van der Waals surface area contributed by atoms with Gasteiger partial charge in [0.15, 0.2) is 0 Å². The molecule has 2 heterocycles. The minimum absolute atomic E-state index is 0.143. The fraction of sp³-hybridized carbons (Fsp3) is 0.0417. The van der Waals surface area contributed by atoms with Crippen LogP contribution in [0.25, 0.3) is 23.1 Å². The van der Waals surface area contributed by atoms with Gasteiger partial charge in [0, 0.05) is 34.7 Å². The molecule has 1 N–H and O–H groups in total. The Morgan fingerprint density at radius 1 is 0.929 bits per heavy atom. The SMILES string of the molecule is Cc1ccc2cc(NC(=O)c3cccc(/C=C/c4cccnc4)c3)ccc2n1. The van der Waals surface area contributed by atoms with Crippen LogP contribution in [-0.2, 0) is 0 Å². The molecular formula is C24H19N3O. The summed E-state index contributed by atoms with van der Waals surface area (Å²) in [7, 11) is 0. The Kier molecular flexibility index (Phi) is 4.93. The largest absolute Gasteiger partial charge is 0.322 e. The molecule has 2 aromatic heterocycles. The number of carbonyl (C=O) groups excluding carboxylic acids is 1. The molecular weight excluding hydrogens is 346 g/mol. The molecule has 4 rings (SSSR count). The second-order valence-electron chi connectivity index (χ2n) is 6.56. The van der Waals surface area contributed by atoms with Crippen molar-refractivity contribution in [3.63, 3.8) is 0 Å². The molecule has 0 atom stereocenters. The molecule has 28 heavy (non-hydrogen) atoms. The number of fused-ring (bicyclic) bond motifs is 1. The van der Waals surface area contributed by atoms with Crippen molar-refractivity contribution < 1.29 is 4.79 Å². The van der Waals surface area contributed by atoms with Crippen molar-refractivity contribution in [1.29, 1.82) is 0 Å². The number of aromatic nitrogens is 2. The molecule has 0 spiro atoms. The summed E-state index contributed by atoms with van der Waals surface area (Å²) in [6, 6.07) is 21.1. The van der Waals surface area contributed by atoms with Crippen LogP contribution in [0.15, 0.2) is 79.1 Å². The van der Waals surface area contributed by atoms with E-state index in [1.807, 2.05) is 85.8 Å². The molecule has 136 valence electrons. The Morgan fingerprint density at radius 2 is 1.79 bits per heavy atom. The number of anilines is 1. The van der Waals surface area contributed by atoms with Gasteiger partial charge in [-0.15, -0.1) is 0 Å². The number of nitrogens with one attached hydrogen (secondary N) is 1. The van der Waals surface area contributed by atoms with Gasteiger partial charge in [-0.2, -0.15) is 0 Å². The fourth-order valence-corrected chi connectivity index (χ4v) is 2.96. The second-order valence-corrected chi connectivity index (χ2v) is 6.56. The number of amides is 1. The molecule has 0 radical (unpaired) electrons. The maximum Gasteiger partial charge on any atom is 0.255 e. The average Bonchev–Trinajstić information content (AvgIpc) is 2.73. The zero-order valence-electron chi connectivity index (χ0n) is 15.5. The number of carbonyl (C=O) groups is 1. The lowest BCUT2D eigenvalue weighted by Gasteiger charge is -2.07. The quantitative estimate of drug-likeness (QED) is 0.529. The summed E-state index contributed by atoms with van der Waals surface area (Å²) in [6.07, 6.45) is 7.48. The first kappa shape index (κ1) is 17.6. The van der Waals surface area contributed by atoms with E-state index >= 15 is 0 Å². The van der Waals surface area contributed by atoms with Crippen molar-refractivity contribution in [2.75, 3.05) is 5.32 Å². The fourth-order valence-electron chi connectivity index (χ4n) is 2.96. The molecule has 4 aromatic rings. The highest BCUT2D eigenvalue weighted by Crippen LogP contribution is 2.19. The van der Waals surface area contributed by atoms with Crippen molar-refractivity contribution in [2.24, 2.45) is 0 Å². The highest BCUT2D eigenvalue weighted by molar-refractivity contribution is 6.05. The summed E-state index contributed by atoms with van der Waals surface area (Å²) in [5.41, 5.74) is 5.21. The monoisotopic (exact) mass is 365 g/mol. The predicted octanol–water partition coefficient (Wildman–Crippen LogP) is 5.36. The topological polar surface area (TPSA) is 54.9 Å². The maximum atomic E-state index is 12.7. The molecule has 1 amide bonds. The van der Waals surface area contributed by atoms with E-state index in [2.05, 4.69) is 15.3 Å². The van der Waals surface area contributed by atoms with Gasteiger partial charge in [0.2, 0.25) is 0 Å². The van der Waals surface area contributed by atoms with Gasteiger partial charge in [-0.3, -0.25) is 14.8 Å². The van der Waals surface area contributed by atoms with Crippen LogP contribution in [-0.4, -0.2) is 15.9 Å². The normalized spacial score (nSPS) is 11.0. The van der Waals surface area contributed by atoms with E-state index in [4.69, 9.17) is 0 Å². The molecule has 0 bridgehead atoms. The summed E-state index contributed by atoms with van der Waals surface area (Å²) in [5, 5.41) is 3.96. The van der Waals surface area contributed by atoms with Crippen molar-refractivity contribution in [3.8, 4) is 0 Å². The number of pyridine rings is 2. The van der Waals surface area contributed by atoms with E-state index in [9.17, 15) is 4.79 Å². The van der Waals surface area contributed by atoms with Crippen LogP contribution < -0.4 is 5.32 Å². The Hall–Kier alpha value is -3.79. The Bertz CT molecular complexity index is 1170. The second kappa shape index (κ2) is 7.84. The van der Waals surface area contributed by atoms with Crippen LogP contribution in [0, 0.1) is 6.92 Å². The lowest BCUT2D eigenvalue weighted by molar-refractivity contribution is 0.102. The van der Waals surface area contributed by atoms with Crippen molar-refractivity contribution >= 4 is 34.6 Å². The predicted molar refractivity (Wildman–Crippen MR) is 114 cm³/mol. The molecule has 0 aliphatic rings. The van der Waals surface area contributed by atoms with Crippen LogP contribution in [0.4, 0.5) is 5.69 Å². The third kappa shape index (κ3) is 4.13. The third-order valence-corrected chi connectivity index (χ3v) is 4.39. The van der Waals surface area contributed by atoms with E-state index in [0.717, 1.165) is 33.4 Å². The number of aryl methyl sites for hydroxylation is 1. The van der Waals surface area contributed by atoms with E-state index in [-0.39, 0.29) is 5.91 Å². The molecule has 2 aromatic carbocycles. The van der Waals surface area contributed by atoms with Crippen LogP contribution in [0.3, 0.4) is 0 Å². The Labute approximate surface area is 163 Å². The summed E-state index contributed by atoms with van der Waals surface area (Å²) in [5.74, 6) is -0.143. The number of hydrogen-bond donors (Lipinski definition) is 1. The molecule has 0 aliphatic heterocycles. The number of nitrogens with zero attached hydrogens (tertiary/aromatic N) is 2. The molecule has 4 heteroatoms. The molecule has 0 saturated carbocycles. The van der Waals surface area contributed by atoms with E-state index < -0.39 is 0 Å². The number of hydrogen-bond acceptors (Lipinski definition) is 3. The maximum absolute atomic E-state index is 12.7. The van der Waals surface area contributed by atoms with Gasteiger partial charge in [0.1, 0.15) is 0 Å². The summed E-state index contributed by atoms with van der Waals surface area (Å²) in [4.78, 5) is 21.3. The highest BCUT2D eigenvalue weighted by Gasteiger charge is 2.07. The minimum atomic E-state index is -0.143. The smallest absolute Gasteiger partial charge is 0.255 e. The van der Waals surface area contributed by atoms with Gasteiger partial charge in [-0.05, 0) is 60.5 Å². The van der Waals surface area contributed by atoms with Crippen LogP contribution in [0.2, 0.25) is 0 Å². The number of benzene rings is 2. The zero-order chi connectivity index (χ0) is 19.3. The third-order valence-electron chi connectivity index (χ3n) is 4.39. The van der Waals surface area contributed by atoms with E-state index in [0.29, 0.717) is 5.56 Å². The molecule has 0 aliphatic carbocycles. The highest BCUT2D eigenvalue weighted by atomic mass is 16.1. The van der Waals surface area contributed by atoms with Crippen molar-refractivity contribution in [3.05, 3.63) is 102 Å². The van der Waals surface area contributed by atoms with E-state index in [1.54, 1.807) is 12.4 Å². The first-order valence-electron chi connectivity index (χ1n) is 9.04. The first-order valence-corrected chi connectivity index (χ1v) is 9.04. The van der Waals surface area contributed by atoms with Gasteiger partial charge in [0.25, 0.3) is 5.91 Å². The average molecular weight is 365 g/mol. The standard InChI is InChI=1S/C24H19N3O/c1-17-7-10-20-15-22(11-12-23(20)26-17)27-24(28)21-6-2-4-18(14-21)8-9-19-5-3-13-25-16-19/h2-16H,1H3,(H,27,28)/b9-8+. The minimum Gasteiger partial charge on any atom is -0.322 e. The number of rotatable bonds is 4. The van der Waals surface area contributed by atoms with Gasteiger partial charge >= 0.3 is 0 Å². The van der Waals surface area contributed by atoms with Crippen molar-refractivity contribution in [2.45, 2.75) is 6.92 Å². The van der Waals surface area contributed by atoms with Crippen LogP contribution in [0.1, 0.15) is 27.2 Å². The van der Waals surface area contributed by atoms with Gasteiger partial charge in [0.05, 0.1) is 5.52 Å². The van der Waals surface area contributed by atoms with Crippen molar-refractivity contribution in [1.82, 2.24) is 9.97 Å².